The van der Waals surface area contributed by atoms with E-state index in [4.69, 9.17) is 4.74 Å². The van der Waals surface area contributed by atoms with Gasteiger partial charge in [-0.05, 0) is 6.92 Å². The van der Waals surface area contributed by atoms with Crippen molar-refractivity contribution in [2.75, 3.05) is 44.3 Å². The number of aromatic nitrogens is 6. The molecule has 4 rings (SSSR count). The molecule has 0 saturated carbocycles. The zero-order valence-corrected chi connectivity index (χ0v) is 19.6. The normalized spacial score (nSPS) is 15.5. The first-order valence-corrected chi connectivity index (χ1v) is 11.3. The minimum atomic E-state index is -4.51. The summed E-state index contributed by atoms with van der Waals surface area (Å²) in [6, 6.07) is -0.513. The summed E-state index contributed by atoms with van der Waals surface area (Å²) in [7, 11) is 0. The molecule has 37 heavy (non-hydrogen) atoms. The molecule has 1 fully saturated rings. The molecule has 200 valence electrons. The van der Waals surface area contributed by atoms with Gasteiger partial charge in [0.1, 0.15) is 5.69 Å². The number of fused-ring (bicyclic) bond motifs is 1. The fourth-order valence-corrected chi connectivity index (χ4v) is 3.95. The SMILES string of the molecule is CC(COCCC(=O)N1CCN(c2ncc(C(F)(F)F)cn2)CC1)n1nc(C(F)F)c2c(=O)[nH]ncc21. The lowest BCUT2D eigenvalue weighted by Crippen LogP contribution is -2.49. The van der Waals surface area contributed by atoms with Gasteiger partial charge in [0.2, 0.25) is 11.9 Å². The van der Waals surface area contributed by atoms with Crippen LogP contribution in [0.25, 0.3) is 10.9 Å². The number of piperazine rings is 1. The summed E-state index contributed by atoms with van der Waals surface area (Å²) in [6.45, 7) is 3.21. The summed E-state index contributed by atoms with van der Waals surface area (Å²) in [5.74, 6) is -0.00310. The first-order chi connectivity index (χ1) is 17.6. The van der Waals surface area contributed by atoms with Crippen LogP contribution in [0.5, 0.6) is 0 Å². The Morgan fingerprint density at radius 3 is 2.43 bits per heavy atom. The van der Waals surface area contributed by atoms with Crippen LogP contribution in [-0.2, 0) is 15.7 Å². The highest BCUT2D eigenvalue weighted by molar-refractivity contribution is 5.80. The molecule has 16 heteroatoms. The fourth-order valence-electron chi connectivity index (χ4n) is 3.95. The number of nitrogens with zero attached hydrogens (tertiary/aromatic N) is 7. The molecule has 1 saturated heterocycles. The molecule has 4 heterocycles. The quantitative estimate of drug-likeness (QED) is 0.348. The van der Waals surface area contributed by atoms with Gasteiger partial charge < -0.3 is 14.5 Å². The molecule has 11 nitrogen and oxygen atoms in total. The number of H-pyrrole nitrogens is 1. The largest absolute Gasteiger partial charge is 0.419 e. The maximum Gasteiger partial charge on any atom is 0.419 e. The molecule has 1 aliphatic rings. The summed E-state index contributed by atoms with van der Waals surface area (Å²) in [5, 5.41) is 9.41. The lowest BCUT2D eigenvalue weighted by Gasteiger charge is -2.34. The van der Waals surface area contributed by atoms with E-state index in [9.17, 15) is 31.5 Å². The number of aromatic amines is 1. The average Bonchev–Trinajstić information content (AvgIpc) is 3.28. The molecule has 0 spiro atoms. The number of anilines is 1. The number of rotatable bonds is 8. The lowest BCUT2D eigenvalue weighted by atomic mass is 10.2. The van der Waals surface area contributed by atoms with E-state index in [2.05, 4.69) is 25.3 Å². The molecule has 3 aromatic rings. The standard InChI is InChI=1S/C21H23F5N8O3/c1-12(34-14-10-29-30-19(36)16(14)17(31-34)18(22)23)11-37-7-2-15(35)32-3-5-33(6-4-32)20-27-8-13(9-28-20)21(24,25)26/h8-10,12,18H,2-7,11H2,1H3,(H,30,36). The van der Waals surface area contributed by atoms with Crippen LogP contribution < -0.4 is 10.5 Å². The Labute approximate surface area is 206 Å². The Bertz CT molecular complexity index is 1290. The molecule has 1 atom stereocenters. The molecule has 1 aliphatic heterocycles. The summed E-state index contributed by atoms with van der Waals surface area (Å²) in [5.41, 5.74) is -2.18. The number of hydrogen-bond donors (Lipinski definition) is 1. The molecule has 1 N–H and O–H groups in total. The number of hydrogen-bond acceptors (Lipinski definition) is 8. The van der Waals surface area contributed by atoms with Gasteiger partial charge in [-0.15, -0.1) is 0 Å². The van der Waals surface area contributed by atoms with Crippen LogP contribution in [0, 0.1) is 0 Å². The van der Waals surface area contributed by atoms with E-state index < -0.39 is 35.5 Å². The van der Waals surface area contributed by atoms with E-state index in [0.717, 1.165) is 12.4 Å². The highest BCUT2D eigenvalue weighted by Crippen LogP contribution is 2.29. The van der Waals surface area contributed by atoms with Crippen LogP contribution >= 0.6 is 0 Å². The predicted octanol–water partition coefficient (Wildman–Crippen LogP) is 2.18. The first-order valence-electron chi connectivity index (χ1n) is 11.3. The molecule has 0 radical (unpaired) electrons. The van der Waals surface area contributed by atoms with Gasteiger partial charge in [0.25, 0.3) is 12.0 Å². The van der Waals surface area contributed by atoms with E-state index in [1.54, 1.807) is 16.7 Å². The van der Waals surface area contributed by atoms with Crippen molar-refractivity contribution in [3.05, 3.63) is 40.2 Å². The van der Waals surface area contributed by atoms with Gasteiger partial charge in [-0.3, -0.25) is 14.3 Å². The van der Waals surface area contributed by atoms with Crippen LogP contribution in [0.1, 0.15) is 37.1 Å². The van der Waals surface area contributed by atoms with Crippen molar-refractivity contribution in [2.45, 2.75) is 32.0 Å². The summed E-state index contributed by atoms with van der Waals surface area (Å²) in [6.07, 6.45) is -4.68. The van der Waals surface area contributed by atoms with Crippen molar-refractivity contribution in [3.63, 3.8) is 0 Å². The lowest BCUT2D eigenvalue weighted by molar-refractivity contribution is -0.138. The molecule has 0 aliphatic carbocycles. The van der Waals surface area contributed by atoms with Crippen LogP contribution in [0.3, 0.4) is 0 Å². The van der Waals surface area contributed by atoms with Crippen LogP contribution in [0.2, 0.25) is 0 Å². The van der Waals surface area contributed by atoms with Gasteiger partial charge in [0, 0.05) is 38.6 Å². The zero-order chi connectivity index (χ0) is 26.7. The predicted molar refractivity (Wildman–Crippen MR) is 119 cm³/mol. The molecule has 1 unspecified atom stereocenters. The second-order valence-electron chi connectivity index (χ2n) is 8.40. The summed E-state index contributed by atoms with van der Waals surface area (Å²) in [4.78, 5) is 35.3. The molecule has 1 amide bonds. The molecule has 0 aromatic carbocycles. The smallest absolute Gasteiger partial charge is 0.379 e. The second-order valence-corrected chi connectivity index (χ2v) is 8.40. The number of ether oxygens (including phenoxy) is 1. The second kappa shape index (κ2) is 10.7. The Morgan fingerprint density at radius 2 is 1.81 bits per heavy atom. The number of amides is 1. The monoisotopic (exact) mass is 530 g/mol. The average molecular weight is 530 g/mol. The fraction of sp³-hybridized carbons (Fsp3) is 0.524. The Hall–Kier alpha value is -3.69. The van der Waals surface area contributed by atoms with Crippen molar-refractivity contribution >= 4 is 22.8 Å². The summed E-state index contributed by atoms with van der Waals surface area (Å²) >= 11 is 0. The van der Waals surface area contributed by atoms with Gasteiger partial charge in [-0.25, -0.2) is 23.8 Å². The van der Waals surface area contributed by atoms with E-state index in [1.807, 2.05) is 0 Å². The molecular weight excluding hydrogens is 507 g/mol. The molecular formula is C21H23F5N8O3. The first kappa shape index (κ1) is 26.4. The summed E-state index contributed by atoms with van der Waals surface area (Å²) < 4.78 is 71.5. The van der Waals surface area contributed by atoms with Gasteiger partial charge >= 0.3 is 6.18 Å². The van der Waals surface area contributed by atoms with E-state index in [1.165, 1.54) is 10.9 Å². The third-order valence-corrected chi connectivity index (χ3v) is 5.88. The number of alkyl halides is 5. The third kappa shape index (κ3) is 5.84. The van der Waals surface area contributed by atoms with Crippen molar-refractivity contribution in [3.8, 4) is 0 Å². The highest BCUT2D eigenvalue weighted by atomic mass is 19.4. The van der Waals surface area contributed by atoms with Crippen molar-refractivity contribution in [1.82, 2.24) is 34.8 Å². The van der Waals surface area contributed by atoms with Crippen molar-refractivity contribution in [2.24, 2.45) is 0 Å². The highest BCUT2D eigenvalue weighted by Gasteiger charge is 2.32. The van der Waals surface area contributed by atoms with Gasteiger partial charge in [-0.1, -0.05) is 0 Å². The minimum Gasteiger partial charge on any atom is -0.379 e. The third-order valence-electron chi connectivity index (χ3n) is 5.88. The number of halogens is 5. The molecule has 3 aromatic heterocycles. The maximum absolute atomic E-state index is 13.3. The Morgan fingerprint density at radius 1 is 1.14 bits per heavy atom. The van der Waals surface area contributed by atoms with Crippen LogP contribution in [0.4, 0.5) is 27.9 Å². The number of carbonyl (C=O) groups is 1. The van der Waals surface area contributed by atoms with E-state index >= 15 is 0 Å². The molecule has 0 bridgehead atoms. The van der Waals surface area contributed by atoms with Crippen LogP contribution in [-0.4, -0.2) is 80.1 Å². The minimum absolute atomic E-state index is 0.0541. The van der Waals surface area contributed by atoms with E-state index in [0.29, 0.717) is 26.2 Å². The van der Waals surface area contributed by atoms with Gasteiger partial charge in [-0.2, -0.15) is 23.4 Å². The van der Waals surface area contributed by atoms with Crippen LogP contribution in [0.15, 0.2) is 23.4 Å². The Balaban J connectivity index is 1.24. The number of carbonyl (C=O) groups excluding carboxylic acids is 1. The van der Waals surface area contributed by atoms with Gasteiger partial charge in [0.05, 0.1) is 48.3 Å². The maximum atomic E-state index is 13.3. The van der Waals surface area contributed by atoms with Crippen molar-refractivity contribution < 1.29 is 31.5 Å². The topological polar surface area (TPSA) is 122 Å². The number of nitrogens with one attached hydrogen (secondary N) is 1. The Kier molecular flexibility index (Phi) is 7.65. The van der Waals surface area contributed by atoms with E-state index in [-0.39, 0.29) is 42.4 Å². The van der Waals surface area contributed by atoms with Crippen molar-refractivity contribution in [1.29, 1.82) is 0 Å². The zero-order valence-electron chi connectivity index (χ0n) is 19.6. The van der Waals surface area contributed by atoms with Gasteiger partial charge in [0.15, 0.2) is 0 Å².